The van der Waals surface area contributed by atoms with E-state index in [1.54, 1.807) is 43.9 Å². The standard InChI is InChI=1S/C13H13ClO3S/c1-16-10-3-8(4-11(6-10)17-2)13(15)12-5-9(14)7-18-12/h3-7,13,15H,1-2H3. The molecule has 18 heavy (non-hydrogen) atoms. The maximum atomic E-state index is 10.3. The molecule has 1 unspecified atom stereocenters. The molecule has 5 heteroatoms. The number of aliphatic hydroxyl groups is 1. The molecule has 2 rings (SSSR count). The largest absolute Gasteiger partial charge is 0.497 e. The Balaban J connectivity index is 2.37. The number of ether oxygens (including phenoxy) is 2. The molecule has 0 amide bonds. The Morgan fingerprint density at radius 3 is 2.17 bits per heavy atom. The molecular formula is C13H13ClO3S. The number of thiophene rings is 1. The van der Waals surface area contributed by atoms with E-state index in [1.165, 1.54) is 11.3 Å². The van der Waals surface area contributed by atoms with Crippen LogP contribution in [0.15, 0.2) is 29.6 Å². The van der Waals surface area contributed by atoms with Gasteiger partial charge in [-0.2, -0.15) is 0 Å². The van der Waals surface area contributed by atoms with Crippen LogP contribution < -0.4 is 9.47 Å². The summed E-state index contributed by atoms with van der Waals surface area (Å²) in [6.45, 7) is 0. The van der Waals surface area contributed by atoms with Crippen molar-refractivity contribution < 1.29 is 14.6 Å². The van der Waals surface area contributed by atoms with E-state index in [9.17, 15) is 5.11 Å². The van der Waals surface area contributed by atoms with Crippen molar-refractivity contribution in [3.05, 3.63) is 45.1 Å². The molecule has 1 aromatic heterocycles. The van der Waals surface area contributed by atoms with Gasteiger partial charge < -0.3 is 14.6 Å². The van der Waals surface area contributed by atoms with Gasteiger partial charge in [0.1, 0.15) is 17.6 Å². The lowest BCUT2D eigenvalue weighted by Crippen LogP contribution is -1.99. The van der Waals surface area contributed by atoms with Gasteiger partial charge in [-0.1, -0.05) is 11.6 Å². The second-order valence-corrected chi connectivity index (χ2v) is 5.10. The van der Waals surface area contributed by atoms with Gasteiger partial charge in [0.15, 0.2) is 0 Å². The number of hydrogen-bond acceptors (Lipinski definition) is 4. The van der Waals surface area contributed by atoms with Crippen molar-refractivity contribution in [3.63, 3.8) is 0 Å². The summed E-state index contributed by atoms with van der Waals surface area (Å²) in [5.74, 6) is 1.29. The highest BCUT2D eigenvalue weighted by Crippen LogP contribution is 2.33. The third-order valence-corrected chi connectivity index (χ3v) is 3.88. The number of rotatable bonds is 4. The monoisotopic (exact) mass is 284 g/mol. The van der Waals surface area contributed by atoms with Crippen LogP contribution in [0.1, 0.15) is 16.5 Å². The average molecular weight is 285 g/mol. The molecule has 1 aromatic carbocycles. The lowest BCUT2D eigenvalue weighted by atomic mass is 10.1. The zero-order valence-corrected chi connectivity index (χ0v) is 11.6. The third-order valence-electron chi connectivity index (χ3n) is 2.55. The fourth-order valence-corrected chi connectivity index (χ4v) is 2.72. The molecule has 0 bridgehead atoms. The van der Waals surface area contributed by atoms with E-state index in [-0.39, 0.29) is 0 Å². The Labute approximate surface area is 115 Å². The maximum absolute atomic E-state index is 10.3. The second kappa shape index (κ2) is 5.61. The maximum Gasteiger partial charge on any atom is 0.122 e. The Bertz CT molecular complexity index is 517. The number of benzene rings is 1. The van der Waals surface area contributed by atoms with E-state index in [2.05, 4.69) is 0 Å². The van der Waals surface area contributed by atoms with Crippen molar-refractivity contribution in [2.75, 3.05) is 14.2 Å². The van der Waals surface area contributed by atoms with Gasteiger partial charge in [0.25, 0.3) is 0 Å². The van der Waals surface area contributed by atoms with Gasteiger partial charge in [0, 0.05) is 16.3 Å². The quantitative estimate of drug-likeness (QED) is 0.934. The number of methoxy groups -OCH3 is 2. The molecule has 1 N–H and O–H groups in total. The summed E-state index contributed by atoms with van der Waals surface area (Å²) < 4.78 is 10.3. The van der Waals surface area contributed by atoms with E-state index in [4.69, 9.17) is 21.1 Å². The summed E-state index contributed by atoms with van der Waals surface area (Å²) in [7, 11) is 3.15. The summed E-state index contributed by atoms with van der Waals surface area (Å²) in [6.07, 6.45) is -0.730. The van der Waals surface area contributed by atoms with E-state index < -0.39 is 6.10 Å². The smallest absolute Gasteiger partial charge is 0.122 e. The molecule has 0 aliphatic heterocycles. The molecule has 0 fully saturated rings. The van der Waals surface area contributed by atoms with Crippen LogP contribution in [0.3, 0.4) is 0 Å². The molecule has 0 aliphatic carbocycles. The lowest BCUT2D eigenvalue weighted by molar-refractivity contribution is 0.223. The normalized spacial score (nSPS) is 12.2. The van der Waals surface area contributed by atoms with Gasteiger partial charge in [0.05, 0.1) is 19.2 Å². The topological polar surface area (TPSA) is 38.7 Å². The highest BCUT2D eigenvalue weighted by atomic mass is 35.5. The van der Waals surface area contributed by atoms with Gasteiger partial charge in [-0.15, -0.1) is 11.3 Å². The second-order valence-electron chi connectivity index (χ2n) is 3.72. The van der Waals surface area contributed by atoms with Gasteiger partial charge in [-0.25, -0.2) is 0 Å². The van der Waals surface area contributed by atoms with E-state index in [0.717, 1.165) is 4.88 Å². The minimum absolute atomic E-state index is 0.629. The summed E-state index contributed by atoms with van der Waals surface area (Å²) in [5, 5.41) is 12.7. The summed E-state index contributed by atoms with van der Waals surface area (Å²) in [6, 6.07) is 7.07. The summed E-state index contributed by atoms with van der Waals surface area (Å²) in [4.78, 5) is 0.787. The fourth-order valence-electron chi connectivity index (χ4n) is 1.62. The van der Waals surface area contributed by atoms with Crippen LogP contribution in [0.2, 0.25) is 5.02 Å². The first-order chi connectivity index (χ1) is 8.63. The van der Waals surface area contributed by atoms with Gasteiger partial charge >= 0.3 is 0 Å². The molecule has 0 radical (unpaired) electrons. The van der Waals surface area contributed by atoms with E-state index in [0.29, 0.717) is 22.1 Å². The van der Waals surface area contributed by atoms with Gasteiger partial charge in [0.2, 0.25) is 0 Å². The van der Waals surface area contributed by atoms with E-state index >= 15 is 0 Å². The first-order valence-electron chi connectivity index (χ1n) is 5.29. The molecule has 0 aliphatic rings. The van der Waals surface area contributed by atoms with Crippen molar-refractivity contribution in [2.24, 2.45) is 0 Å². The van der Waals surface area contributed by atoms with Crippen LogP contribution >= 0.6 is 22.9 Å². The Hall–Kier alpha value is -1.23. The lowest BCUT2D eigenvalue weighted by Gasteiger charge is -2.12. The molecule has 0 saturated heterocycles. The number of hydrogen-bond donors (Lipinski definition) is 1. The molecule has 0 saturated carbocycles. The third kappa shape index (κ3) is 2.77. The van der Waals surface area contributed by atoms with Crippen molar-refractivity contribution in [3.8, 4) is 11.5 Å². The Morgan fingerprint density at radius 2 is 1.72 bits per heavy atom. The van der Waals surface area contributed by atoms with Crippen molar-refractivity contribution in [1.29, 1.82) is 0 Å². The number of aliphatic hydroxyl groups excluding tert-OH is 1. The number of halogens is 1. The van der Waals surface area contributed by atoms with Crippen LogP contribution in [0.4, 0.5) is 0 Å². The minimum atomic E-state index is -0.730. The van der Waals surface area contributed by atoms with Crippen LogP contribution in [0.25, 0.3) is 0 Å². The van der Waals surface area contributed by atoms with Crippen molar-refractivity contribution >= 4 is 22.9 Å². The molecular weight excluding hydrogens is 272 g/mol. The van der Waals surface area contributed by atoms with E-state index in [1.807, 2.05) is 0 Å². The Kier molecular flexibility index (Phi) is 4.11. The van der Waals surface area contributed by atoms with Crippen LogP contribution in [-0.4, -0.2) is 19.3 Å². The van der Waals surface area contributed by atoms with Gasteiger partial charge in [-0.3, -0.25) is 0 Å². The predicted octanol–water partition coefficient (Wildman–Crippen LogP) is 3.50. The minimum Gasteiger partial charge on any atom is -0.497 e. The first-order valence-corrected chi connectivity index (χ1v) is 6.54. The fraction of sp³-hybridized carbons (Fsp3) is 0.231. The average Bonchev–Trinajstić information content (AvgIpc) is 2.83. The van der Waals surface area contributed by atoms with Crippen LogP contribution in [0.5, 0.6) is 11.5 Å². The molecule has 2 aromatic rings. The highest BCUT2D eigenvalue weighted by Gasteiger charge is 2.15. The molecule has 1 atom stereocenters. The molecule has 96 valence electrons. The van der Waals surface area contributed by atoms with Crippen molar-refractivity contribution in [1.82, 2.24) is 0 Å². The van der Waals surface area contributed by atoms with Gasteiger partial charge in [-0.05, 0) is 23.8 Å². The van der Waals surface area contributed by atoms with Crippen LogP contribution in [-0.2, 0) is 0 Å². The zero-order chi connectivity index (χ0) is 13.1. The molecule has 0 spiro atoms. The highest BCUT2D eigenvalue weighted by molar-refractivity contribution is 7.10. The van der Waals surface area contributed by atoms with Crippen molar-refractivity contribution in [2.45, 2.75) is 6.10 Å². The predicted molar refractivity (Wildman–Crippen MR) is 72.9 cm³/mol. The summed E-state index contributed by atoms with van der Waals surface area (Å²) in [5.41, 5.74) is 0.713. The zero-order valence-electron chi connectivity index (χ0n) is 10.0. The molecule has 1 heterocycles. The SMILES string of the molecule is COc1cc(OC)cc(C(O)c2cc(Cl)cs2)c1. The summed E-state index contributed by atoms with van der Waals surface area (Å²) >= 11 is 7.27. The first kappa shape index (κ1) is 13.2. The Morgan fingerprint density at radius 1 is 1.11 bits per heavy atom. The van der Waals surface area contributed by atoms with Crippen LogP contribution in [0, 0.1) is 0 Å². The molecule has 3 nitrogen and oxygen atoms in total.